The molecule has 0 radical (unpaired) electrons. The highest BCUT2D eigenvalue weighted by Gasteiger charge is 2.28. The topological polar surface area (TPSA) is 107 Å². The van der Waals surface area contributed by atoms with Crippen molar-refractivity contribution in [2.24, 2.45) is 0 Å². The van der Waals surface area contributed by atoms with Gasteiger partial charge in [-0.1, -0.05) is 0 Å². The van der Waals surface area contributed by atoms with E-state index < -0.39 is 40.4 Å². The molecule has 0 aromatic heterocycles. The first-order valence-corrected chi connectivity index (χ1v) is 6.84. The van der Waals surface area contributed by atoms with E-state index in [0.29, 0.717) is 0 Å². The Labute approximate surface area is 96.2 Å². The monoisotopic (exact) mass is 255 g/mol. The Kier molecular flexibility index (Phi) is 6.42. The molecule has 0 unspecified atom stereocenters. The van der Waals surface area contributed by atoms with Gasteiger partial charge in [0.05, 0.1) is 36.4 Å². The minimum atomic E-state index is -3.15. The normalized spacial score (nSPS) is 13.4. The highest BCUT2D eigenvalue weighted by Crippen LogP contribution is 2.03. The molecular formula is C9H21NO5S. The third-order valence-corrected chi connectivity index (χ3v) is 4.72. The van der Waals surface area contributed by atoms with Crippen LogP contribution in [0.15, 0.2) is 0 Å². The van der Waals surface area contributed by atoms with Crippen LogP contribution in [0.25, 0.3) is 0 Å². The smallest absolute Gasteiger partial charge is 0.153 e. The van der Waals surface area contributed by atoms with E-state index >= 15 is 0 Å². The fourth-order valence-corrected chi connectivity index (χ4v) is 1.87. The summed E-state index contributed by atoms with van der Waals surface area (Å²) >= 11 is 0. The van der Waals surface area contributed by atoms with Gasteiger partial charge in [-0.05, 0) is 13.8 Å². The Bertz CT molecular complexity index is 276. The Morgan fingerprint density at radius 3 is 1.88 bits per heavy atom. The number of rotatable bonds is 8. The van der Waals surface area contributed by atoms with Crippen LogP contribution in [0, 0.1) is 0 Å². The molecule has 0 saturated heterocycles. The van der Waals surface area contributed by atoms with Gasteiger partial charge in [0.15, 0.2) is 9.84 Å². The van der Waals surface area contributed by atoms with Crippen molar-refractivity contribution < 1.29 is 23.7 Å². The molecule has 0 amide bonds. The van der Waals surface area contributed by atoms with Crippen LogP contribution in [0.2, 0.25) is 0 Å². The van der Waals surface area contributed by atoms with Gasteiger partial charge in [0, 0.05) is 6.54 Å². The van der Waals surface area contributed by atoms with E-state index in [9.17, 15) is 8.42 Å². The number of sulfone groups is 1. The third-order valence-electron chi connectivity index (χ3n) is 2.51. The molecular weight excluding hydrogens is 234 g/mol. The van der Waals surface area contributed by atoms with E-state index in [1.54, 1.807) is 13.8 Å². The van der Waals surface area contributed by atoms with E-state index in [-0.39, 0.29) is 12.3 Å². The summed E-state index contributed by atoms with van der Waals surface area (Å²) in [4.78, 5) is 0. The van der Waals surface area contributed by atoms with E-state index in [0.717, 1.165) is 0 Å². The summed E-state index contributed by atoms with van der Waals surface area (Å²) in [7, 11) is -3.15. The van der Waals surface area contributed by atoms with Gasteiger partial charge in [-0.15, -0.1) is 0 Å². The van der Waals surface area contributed by atoms with Crippen LogP contribution in [-0.4, -0.2) is 66.6 Å². The molecule has 0 aliphatic rings. The first-order valence-electron chi connectivity index (χ1n) is 5.13. The maximum absolute atomic E-state index is 11.5. The van der Waals surface area contributed by atoms with Gasteiger partial charge in [-0.3, -0.25) is 0 Å². The predicted molar refractivity (Wildman–Crippen MR) is 60.9 cm³/mol. The molecule has 0 aliphatic carbocycles. The average molecular weight is 255 g/mol. The SMILES string of the molecule is CC(C)S(=O)(=O)CCNC(CO)(CO)CO. The fourth-order valence-electron chi connectivity index (χ4n) is 1.01. The fraction of sp³-hybridized carbons (Fsp3) is 1.00. The van der Waals surface area contributed by atoms with Crippen LogP contribution in [0.1, 0.15) is 13.8 Å². The zero-order valence-corrected chi connectivity index (χ0v) is 10.5. The Balaban J connectivity index is 4.25. The number of hydrogen-bond acceptors (Lipinski definition) is 6. The molecule has 4 N–H and O–H groups in total. The molecule has 16 heavy (non-hydrogen) atoms. The van der Waals surface area contributed by atoms with Crippen molar-refractivity contribution in [2.45, 2.75) is 24.6 Å². The van der Waals surface area contributed by atoms with E-state index in [2.05, 4.69) is 5.32 Å². The minimum absolute atomic E-state index is 0.0855. The van der Waals surface area contributed by atoms with Crippen molar-refractivity contribution in [3.63, 3.8) is 0 Å². The van der Waals surface area contributed by atoms with E-state index in [4.69, 9.17) is 15.3 Å². The Morgan fingerprint density at radius 1 is 1.12 bits per heavy atom. The van der Waals surface area contributed by atoms with Crippen molar-refractivity contribution in [3.8, 4) is 0 Å². The summed E-state index contributed by atoms with van der Waals surface area (Å²) in [5.41, 5.74) is -1.22. The van der Waals surface area contributed by atoms with Crippen LogP contribution < -0.4 is 5.32 Å². The summed E-state index contributed by atoms with van der Waals surface area (Å²) < 4.78 is 22.9. The summed E-state index contributed by atoms with van der Waals surface area (Å²) in [6.45, 7) is 1.90. The molecule has 0 fully saturated rings. The van der Waals surface area contributed by atoms with Crippen molar-refractivity contribution in [1.29, 1.82) is 0 Å². The first kappa shape index (κ1) is 15.8. The van der Waals surface area contributed by atoms with Gasteiger partial charge in [-0.2, -0.15) is 0 Å². The van der Waals surface area contributed by atoms with Gasteiger partial charge in [0.1, 0.15) is 0 Å². The maximum atomic E-state index is 11.5. The lowest BCUT2D eigenvalue weighted by molar-refractivity contribution is 0.0440. The Hall–Kier alpha value is -0.210. The van der Waals surface area contributed by atoms with Crippen LogP contribution in [0.4, 0.5) is 0 Å². The lowest BCUT2D eigenvalue weighted by Crippen LogP contribution is -2.56. The van der Waals surface area contributed by atoms with Gasteiger partial charge in [0.25, 0.3) is 0 Å². The molecule has 0 rings (SSSR count). The quantitative estimate of drug-likeness (QED) is 0.404. The maximum Gasteiger partial charge on any atom is 0.153 e. The van der Waals surface area contributed by atoms with Crippen LogP contribution in [-0.2, 0) is 9.84 Å². The second-order valence-corrected chi connectivity index (χ2v) is 6.77. The minimum Gasteiger partial charge on any atom is -0.394 e. The van der Waals surface area contributed by atoms with Crippen molar-refractivity contribution in [3.05, 3.63) is 0 Å². The lowest BCUT2D eigenvalue weighted by Gasteiger charge is -2.28. The van der Waals surface area contributed by atoms with Crippen LogP contribution in [0.5, 0.6) is 0 Å². The van der Waals surface area contributed by atoms with Crippen LogP contribution in [0.3, 0.4) is 0 Å². The van der Waals surface area contributed by atoms with Gasteiger partial charge >= 0.3 is 0 Å². The molecule has 0 bridgehead atoms. The van der Waals surface area contributed by atoms with Crippen LogP contribution >= 0.6 is 0 Å². The van der Waals surface area contributed by atoms with Crippen molar-refractivity contribution >= 4 is 9.84 Å². The van der Waals surface area contributed by atoms with Crippen molar-refractivity contribution in [1.82, 2.24) is 5.32 Å². The molecule has 0 aliphatic heterocycles. The molecule has 0 heterocycles. The molecule has 0 aromatic carbocycles. The number of aliphatic hydroxyl groups excluding tert-OH is 3. The largest absolute Gasteiger partial charge is 0.394 e. The second kappa shape index (κ2) is 6.51. The molecule has 0 aromatic rings. The summed E-state index contributed by atoms with van der Waals surface area (Å²) in [5.74, 6) is -0.0909. The summed E-state index contributed by atoms with van der Waals surface area (Å²) in [5, 5.41) is 29.2. The number of nitrogens with one attached hydrogen (secondary N) is 1. The summed E-state index contributed by atoms with van der Waals surface area (Å²) in [6, 6.07) is 0. The molecule has 0 atom stereocenters. The van der Waals surface area contributed by atoms with Gasteiger partial charge in [0.2, 0.25) is 0 Å². The molecule has 0 spiro atoms. The molecule has 7 heteroatoms. The highest BCUT2D eigenvalue weighted by atomic mass is 32.2. The predicted octanol–water partition coefficient (Wildman–Crippen LogP) is -1.89. The molecule has 98 valence electrons. The molecule has 6 nitrogen and oxygen atoms in total. The second-order valence-electron chi connectivity index (χ2n) is 4.10. The molecule has 0 saturated carbocycles. The highest BCUT2D eigenvalue weighted by molar-refractivity contribution is 7.92. The third kappa shape index (κ3) is 4.34. The Morgan fingerprint density at radius 2 is 1.56 bits per heavy atom. The van der Waals surface area contributed by atoms with Crippen molar-refractivity contribution in [2.75, 3.05) is 32.1 Å². The average Bonchev–Trinajstić information content (AvgIpc) is 2.25. The van der Waals surface area contributed by atoms with E-state index in [1.165, 1.54) is 0 Å². The number of aliphatic hydroxyl groups is 3. The van der Waals surface area contributed by atoms with Gasteiger partial charge < -0.3 is 20.6 Å². The zero-order valence-electron chi connectivity index (χ0n) is 9.68. The van der Waals surface area contributed by atoms with E-state index in [1.807, 2.05) is 0 Å². The summed E-state index contributed by atoms with van der Waals surface area (Å²) in [6.07, 6.45) is 0. The first-order chi connectivity index (χ1) is 7.33. The van der Waals surface area contributed by atoms with Gasteiger partial charge in [-0.25, -0.2) is 8.42 Å². The number of hydrogen-bond donors (Lipinski definition) is 4. The zero-order chi connectivity index (χ0) is 12.8. The lowest BCUT2D eigenvalue weighted by atomic mass is 10.0. The standard InChI is InChI=1S/C9H21NO5S/c1-8(2)16(14,15)4-3-10-9(5-11,6-12)7-13/h8,10-13H,3-7H2,1-2H3.